The van der Waals surface area contributed by atoms with Gasteiger partial charge in [-0.15, -0.1) is 5.10 Å². The van der Waals surface area contributed by atoms with Gasteiger partial charge in [-0.3, -0.25) is 5.10 Å². The van der Waals surface area contributed by atoms with Gasteiger partial charge in [-0.25, -0.2) is 4.98 Å². The number of nitrogens with one attached hydrogen (secondary N) is 1. The average molecular weight is 319 g/mol. The molecule has 3 N–H and O–H groups in total. The van der Waals surface area contributed by atoms with Crippen molar-refractivity contribution in [3.05, 3.63) is 58.5 Å². The number of aromatic amines is 1. The second-order valence-corrected chi connectivity index (χ2v) is 4.82. The van der Waals surface area contributed by atoms with Crippen molar-refractivity contribution in [3.63, 3.8) is 0 Å². The van der Waals surface area contributed by atoms with Gasteiger partial charge in [0.2, 0.25) is 5.82 Å². The molecule has 0 aliphatic carbocycles. The number of hydrogen-bond acceptors (Lipinski definition) is 4. The number of nitrogens with zero attached hydrogens (tertiary/aromatic N) is 2. The summed E-state index contributed by atoms with van der Waals surface area (Å²) >= 11 is 3.24. The summed E-state index contributed by atoms with van der Waals surface area (Å²) < 4.78 is 6.04. The van der Waals surface area contributed by atoms with E-state index in [0.717, 1.165) is 5.56 Å². The predicted octanol–water partition coefficient (Wildman–Crippen LogP) is 2.88. The number of halogens is 1. The van der Waals surface area contributed by atoms with Crippen LogP contribution in [0, 0.1) is 0 Å². The molecule has 1 unspecified atom stereocenters. The highest BCUT2D eigenvalue weighted by molar-refractivity contribution is 9.10. The second-order valence-electron chi connectivity index (χ2n) is 4.04. The lowest BCUT2D eigenvalue weighted by atomic mass is 10.1. The summed E-state index contributed by atoms with van der Waals surface area (Å²) in [5.74, 6) is 1.69. The molecule has 0 amide bonds. The minimum absolute atomic E-state index is 0.333. The summed E-state index contributed by atoms with van der Waals surface area (Å²) in [5, 5.41) is 6.97. The zero-order valence-corrected chi connectivity index (χ0v) is 11.5. The van der Waals surface area contributed by atoms with Gasteiger partial charge >= 0.3 is 0 Å². The molecule has 2 aromatic heterocycles. The summed E-state index contributed by atoms with van der Waals surface area (Å²) in [6.45, 7) is 0. The molecule has 5 nitrogen and oxygen atoms in total. The number of rotatable bonds is 3. The predicted molar refractivity (Wildman–Crippen MR) is 74.3 cm³/mol. The molecule has 0 bridgehead atoms. The van der Waals surface area contributed by atoms with Gasteiger partial charge in [0.15, 0.2) is 10.4 Å². The first-order valence-electron chi connectivity index (χ1n) is 5.72. The van der Waals surface area contributed by atoms with E-state index in [1.807, 2.05) is 30.3 Å². The van der Waals surface area contributed by atoms with Crippen molar-refractivity contribution in [3.8, 4) is 11.6 Å². The zero-order chi connectivity index (χ0) is 13.2. The lowest BCUT2D eigenvalue weighted by Gasteiger charge is -2.07. The second kappa shape index (κ2) is 4.99. The third-order valence-electron chi connectivity index (χ3n) is 2.75. The van der Waals surface area contributed by atoms with E-state index >= 15 is 0 Å². The molecule has 19 heavy (non-hydrogen) atoms. The highest BCUT2D eigenvalue weighted by Gasteiger charge is 2.15. The fourth-order valence-corrected chi connectivity index (χ4v) is 2.08. The molecule has 0 aliphatic heterocycles. The Labute approximate surface area is 118 Å². The Morgan fingerprint density at radius 1 is 1.16 bits per heavy atom. The van der Waals surface area contributed by atoms with Gasteiger partial charge in [0.1, 0.15) is 5.82 Å². The summed E-state index contributed by atoms with van der Waals surface area (Å²) in [5.41, 5.74) is 7.12. The molecule has 0 saturated carbocycles. The summed E-state index contributed by atoms with van der Waals surface area (Å²) in [4.78, 5) is 4.36. The van der Waals surface area contributed by atoms with Crippen LogP contribution in [0.5, 0.6) is 0 Å². The van der Waals surface area contributed by atoms with E-state index in [1.54, 1.807) is 12.1 Å². The molecule has 1 aromatic carbocycles. The minimum Gasteiger partial charge on any atom is -0.446 e. The molecular formula is C13H11BrN4O. The van der Waals surface area contributed by atoms with Crippen molar-refractivity contribution >= 4 is 15.9 Å². The van der Waals surface area contributed by atoms with Crippen molar-refractivity contribution in [1.82, 2.24) is 15.2 Å². The van der Waals surface area contributed by atoms with E-state index in [2.05, 4.69) is 31.1 Å². The van der Waals surface area contributed by atoms with Crippen LogP contribution in [0.3, 0.4) is 0 Å². The van der Waals surface area contributed by atoms with E-state index in [4.69, 9.17) is 10.2 Å². The van der Waals surface area contributed by atoms with Crippen LogP contribution in [0.2, 0.25) is 0 Å². The normalized spacial score (nSPS) is 12.5. The molecule has 2 heterocycles. The van der Waals surface area contributed by atoms with Crippen LogP contribution in [-0.2, 0) is 0 Å². The number of hydrogen-bond donors (Lipinski definition) is 2. The first kappa shape index (κ1) is 12.1. The van der Waals surface area contributed by atoms with E-state index in [-0.39, 0.29) is 6.04 Å². The highest BCUT2D eigenvalue weighted by atomic mass is 79.9. The molecule has 96 valence electrons. The van der Waals surface area contributed by atoms with Crippen molar-refractivity contribution in [1.29, 1.82) is 0 Å². The number of benzene rings is 1. The quantitative estimate of drug-likeness (QED) is 0.778. The zero-order valence-electron chi connectivity index (χ0n) is 9.88. The first-order chi connectivity index (χ1) is 9.24. The fraction of sp³-hybridized carbons (Fsp3) is 0.0769. The number of furan rings is 1. The molecule has 0 radical (unpaired) electrons. The van der Waals surface area contributed by atoms with Crippen LogP contribution in [0.4, 0.5) is 0 Å². The van der Waals surface area contributed by atoms with Crippen molar-refractivity contribution in [2.45, 2.75) is 6.04 Å². The Balaban J connectivity index is 1.89. The standard InChI is InChI=1S/C13H11BrN4O/c14-10-7-6-9(19-10)12-16-13(18-17-12)11(15)8-4-2-1-3-5-8/h1-7,11H,15H2,(H,16,17,18). The van der Waals surface area contributed by atoms with Crippen LogP contribution in [-0.4, -0.2) is 15.2 Å². The van der Waals surface area contributed by atoms with E-state index in [9.17, 15) is 0 Å². The van der Waals surface area contributed by atoms with Gasteiger partial charge < -0.3 is 10.2 Å². The lowest BCUT2D eigenvalue weighted by molar-refractivity contribution is 0.551. The van der Waals surface area contributed by atoms with Crippen LogP contribution >= 0.6 is 15.9 Å². The van der Waals surface area contributed by atoms with Gasteiger partial charge in [-0.1, -0.05) is 30.3 Å². The Bertz CT molecular complexity index is 677. The third-order valence-corrected chi connectivity index (χ3v) is 3.18. The Hall–Kier alpha value is -1.92. The monoisotopic (exact) mass is 318 g/mol. The van der Waals surface area contributed by atoms with Crippen molar-refractivity contribution < 1.29 is 4.42 Å². The maximum Gasteiger partial charge on any atom is 0.217 e. The van der Waals surface area contributed by atoms with Crippen LogP contribution < -0.4 is 5.73 Å². The SMILES string of the molecule is NC(c1ccccc1)c1nc(-c2ccc(Br)o2)n[nH]1. The molecule has 1 atom stereocenters. The summed E-state index contributed by atoms with van der Waals surface area (Å²) in [7, 11) is 0. The Morgan fingerprint density at radius 3 is 2.63 bits per heavy atom. The molecule has 0 aliphatic rings. The number of aromatic nitrogens is 3. The Morgan fingerprint density at radius 2 is 1.95 bits per heavy atom. The number of H-pyrrole nitrogens is 1. The highest BCUT2D eigenvalue weighted by Crippen LogP contribution is 2.23. The van der Waals surface area contributed by atoms with Gasteiger partial charge in [-0.2, -0.15) is 0 Å². The van der Waals surface area contributed by atoms with Crippen molar-refractivity contribution in [2.75, 3.05) is 0 Å². The molecule has 0 saturated heterocycles. The largest absolute Gasteiger partial charge is 0.446 e. The van der Waals surface area contributed by atoms with Gasteiger partial charge in [0.25, 0.3) is 0 Å². The first-order valence-corrected chi connectivity index (χ1v) is 6.52. The van der Waals surface area contributed by atoms with Crippen molar-refractivity contribution in [2.24, 2.45) is 5.73 Å². The van der Waals surface area contributed by atoms with E-state index in [0.29, 0.717) is 22.1 Å². The maximum absolute atomic E-state index is 6.14. The van der Waals surface area contributed by atoms with Gasteiger partial charge in [-0.05, 0) is 33.6 Å². The van der Waals surface area contributed by atoms with Crippen LogP contribution in [0.15, 0.2) is 51.6 Å². The smallest absolute Gasteiger partial charge is 0.217 e. The minimum atomic E-state index is -0.333. The molecule has 0 spiro atoms. The summed E-state index contributed by atoms with van der Waals surface area (Å²) in [6, 6.07) is 13.0. The van der Waals surface area contributed by atoms with E-state index in [1.165, 1.54) is 0 Å². The fourth-order valence-electron chi connectivity index (χ4n) is 1.78. The topological polar surface area (TPSA) is 80.7 Å². The Kier molecular flexibility index (Phi) is 3.18. The molecule has 3 rings (SSSR count). The van der Waals surface area contributed by atoms with E-state index < -0.39 is 0 Å². The molecule has 3 aromatic rings. The lowest BCUT2D eigenvalue weighted by Crippen LogP contribution is -2.13. The van der Waals surface area contributed by atoms with Crippen LogP contribution in [0.25, 0.3) is 11.6 Å². The molecular weight excluding hydrogens is 308 g/mol. The maximum atomic E-state index is 6.14. The van der Waals surface area contributed by atoms with Gasteiger partial charge in [0, 0.05) is 0 Å². The molecule has 6 heteroatoms. The average Bonchev–Trinajstić information content (AvgIpc) is 3.07. The van der Waals surface area contributed by atoms with Gasteiger partial charge in [0.05, 0.1) is 6.04 Å². The molecule has 0 fully saturated rings. The summed E-state index contributed by atoms with van der Waals surface area (Å²) in [6.07, 6.45) is 0. The number of nitrogens with two attached hydrogens (primary N) is 1. The van der Waals surface area contributed by atoms with Crippen LogP contribution in [0.1, 0.15) is 17.4 Å². The third kappa shape index (κ3) is 2.45.